The number of amides is 1. The van der Waals surface area contributed by atoms with Crippen molar-refractivity contribution in [2.45, 2.75) is 43.2 Å². The van der Waals surface area contributed by atoms with Crippen molar-refractivity contribution in [1.82, 2.24) is 30.0 Å². The highest BCUT2D eigenvalue weighted by molar-refractivity contribution is 6.04. The van der Waals surface area contributed by atoms with Crippen LogP contribution in [0.3, 0.4) is 0 Å². The Morgan fingerprint density at radius 3 is 2.76 bits per heavy atom. The fourth-order valence-electron chi connectivity index (χ4n) is 6.51. The third-order valence-electron chi connectivity index (χ3n) is 8.11. The van der Waals surface area contributed by atoms with Gasteiger partial charge in [-0.3, -0.25) is 9.78 Å². The highest BCUT2D eigenvalue weighted by Gasteiger charge is 2.57. The maximum Gasteiger partial charge on any atom is 0.290 e. The number of para-hydroxylation sites is 1. The molecule has 2 aliphatic carbocycles. The molecule has 0 atom stereocenters. The summed E-state index contributed by atoms with van der Waals surface area (Å²) in [5.41, 5.74) is 9.81. The van der Waals surface area contributed by atoms with Crippen molar-refractivity contribution in [2.24, 2.45) is 0 Å². The molecule has 5 aromatic rings. The number of fused-ring (bicyclic) bond motifs is 4. The van der Waals surface area contributed by atoms with Crippen molar-refractivity contribution >= 4 is 33.7 Å². The Kier molecular flexibility index (Phi) is 4.45. The first-order valence-electron chi connectivity index (χ1n) is 12.2. The molecule has 2 aliphatic rings. The highest BCUT2D eigenvalue weighted by Crippen LogP contribution is 2.57. The molecular weight excluding hydrogens is 466 g/mol. The Morgan fingerprint density at radius 1 is 1.14 bits per heavy atom. The Balaban J connectivity index is 1.38. The first kappa shape index (κ1) is 21.6. The second-order valence-corrected chi connectivity index (χ2v) is 10.1. The van der Waals surface area contributed by atoms with Crippen molar-refractivity contribution < 1.29 is 9.32 Å². The van der Waals surface area contributed by atoms with Gasteiger partial charge in [-0.1, -0.05) is 29.3 Å². The van der Waals surface area contributed by atoms with Gasteiger partial charge in [-0.25, -0.2) is 9.97 Å². The van der Waals surface area contributed by atoms with Gasteiger partial charge in [0.15, 0.2) is 0 Å². The number of benzene rings is 1. The third-order valence-corrected chi connectivity index (χ3v) is 8.11. The SMILES string of the molecule is C#Cc1c(-c2cnc3ccccc3c2)c2c(N)ncnc2n1C12CCC(NC(=O)c3ccno3)(CC1)C2. The van der Waals surface area contributed by atoms with Gasteiger partial charge in [0.25, 0.3) is 5.91 Å². The quantitative estimate of drug-likeness (QED) is 0.365. The number of terminal acetylenes is 1. The number of hydrogen-bond donors (Lipinski definition) is 2. The summed E-state index contributed by atoms with van der Waals surface area (Å²) >= 11 is 0. The molecule has 1 aromatic carbocycles. The van der Waals surface area contributed by atoms with Gasteiger partial charge in [0, 0.05) is 39.9 Å². The van der Waals surface area contributed by atoms with Gasteiger partial charge in [0.05, 0.1) is 17.1 Å². The van der Waals surface area contributed by atoms with E-state index >= 15 is 0 Å². The van der Waals surface area contributed by atoms with Crippen LogP contribution in [0.25, 0.3) is 33.1 Å². The lowest BCUT2D eigenvalue weighted by atomic mass is 9.90. The van der Waals surface area contributed by atoms with E-state index in [0.717, 1.165) is 59.5 Å². The molecule has 2 fully saturated rings. The van der Waals surface area contributed by atoms with Crippen molar-refractivity contribution in [3.05, 3.63) is 66.6 Å². The zero-order valence-corrected chi connectivity index (χ0v) is 19.9. The molecule has 0 aliphatic heterocycles. The zero-order chi connectivity index (χ0) is 25.2. The van der Waals surface area contributed by atoms with E-state index in [-0.39, 0.29) is 22.7 Å². The van der Waals surface area contributed by atoms with E-state index in [2.05, 4.69) is 42.0 Å². The molecule has 2 bridgehead atoms. The topological polar surface area (TPSA) is 125 Å². The van der Waals surface area contributed by atoms with Crippen LogP contribution in [-0.4, -0.2) is 36.1 Å². The molecule has 9 heteroatoms. The number of nitrogens with zero attached hydrogens (tertiary/aromatic N) is 5. The van der Waals surface area contributed by atoms with Gasteiger partial charge in [-0.2, -0.15) is 0 Å². The van der Waals surface area contributed by atoms with Crippen LogP contribution in [0.5, 0.6) is 0 Å². The fraction of sp³-hybridized carbons (Fsp3) is 0.250. The number of carbonyl (C=O) groups is 1. The van der Waals surface area contributed by atoms with Gasteiger partial charge in [0.1, 0.15) is 23.5 Å². The lowest BCUT2D eigenvalue weighted by Crippen LogP contribution is -2.44. The van der Waals surface area contributed by atoms with E-state index in [1.807, 2.05) is 30.5 Å². The number of nitrogens with two attached hydrogens (primary N) is 1. The maximum atomic E-state index is 12.8. The Labute approximate surface area is 212 Å². The number of anilines is 1. The molecule has 182 valence electrons. The number of rotatable bonds is 4. The van der Waals surface area contributed by atoms with Gasteiger partial charge in [0.2, 0.25) is 5.76 Å². The van der Waals surface area contributed by atoms with E-state index < -0.39 is 0 Å². The monoisotopic (exact) mass is 489 g/mol. The van der Waals surface area contributed by atoms with Gasteiger partial charge in [-0.05, 0) is 44.2 Å². The fourth-order valence-corrected chi connectivity index (χ4v) is 6.51. The Morgan fingerprint density at radius 2 is 1.97 bits per heavy atom. The standard InChI is InChI=1S/C28H23N7O2/c1-2-20-22(18-13-17-5-3-4-6-19(17)30-14-18)23-24(29)31-16-32-25(23)35(20)28-10-8-27(15-28,9-11-28)34-26(36)21-7-12-33-37-21/h1,3-7,12-14,16H,8-11,15H2,(H,34,36)(H2,29,31,32). The summed E-state index contributed by atoms with van der Waals surface area (Å²) < 4.78 is 7.26. The number of aromatic nitrogens is 5. The second kappa shape index (κ2) is 7.64. The summed E-state index contributed by atoms with van der Waals surface area (Å²) in [5.74, 6) is 3.29. The summed E-state index contributed by atoms with van der Waals surface area (Å²) in [6.07, 6.45) is 15.1. The van der Waals surface area contributed by atoms with E-state index in [9.17, 15) is 4.79 Å². The average molecular weight is 490 g/mol. The van der Waals surface area contributed by atoms with Crippen LogP contribution in [0.1, 0.15) is 48.4 Å². The van der Waals surface area contributed by atoms with Crippen molar-refractivity contribution in [3.63, 3.8) is 0 Å². The molecule has 2 saturated carbocycles. The highest BCUT2D eigenvalue weighted by atomic mass is 16.5. The van der Waals surface area contributed by atoms with Crippen LogP contribution in [-0.2, 0) is 5.54 Å². The Bertz CT molecular complexity index is 1740. The molecule has 9 nitrogen and oxygen atoms in total. The van der Waals surface area contributed by atoms with Crippen LogP contribution in [0.2, 0.25) is 0 Å². The largest absolute Gasteiger partial charge is 0.383 e. The average Bonchev–Trinajstić information content (AvgIpc) is 3.70. The number of pyridine rings is 1. The van der Waals surface area contributed by atoms with Crippen molar-refractivity contribution in [2.75, 3.05) is 5.73 Å². The predicted molar refractivity (Wildman–Crippen MR) is 138 cm³/mol. The molecule has 0 unspecified atom stereocenters. The van der Waals surface area contributed by atoms with E-state index in [0.29, 0.717) is 17.2 Å². The smallest absolute Gasteiger partial charge is 0.290 e. The van der Waals surface area contributed by atoms with Crippen molar-refractivity contribution in [1.29, 1.82) is 0 Å². The van der Waals surface area contributed by atoms with Crippen LogP contribution in [0.15, 0.2) is 59.6 Å². The molecule has 3 N–H and O–H groups in total. The van der Waals surface area contributed by atoms with Crippen LogP contribution < -0.4 is 11.1 Å². The predicted octanol–water partition coefficient (Wildman–Crippen LogP) is 4.04. The summed E-state index contributed by atoms with van der Waals surface area (Å²) in [7, 11) is 0. The first-order valence-corrected chi connectivity index (χ1v) is 12.2. The number of carbonyl (C=O) groups excluding carboxylic acids is 1. The Hall–Kier alpha value is -4.71. The number of nitrogens with one attached hydrogen (secondary N) is 1. The summed E-state index contributed by atoms with van der Waals surface area (Å²) in [5, 5.41) is 8.63. The molecule has 0 radical (unpaired) electrons. The molecular formula is C28H23N7O2. The van der Waals surface area contributed by atoms with Gasteiger partial charge < -0.3 is 20.1 Å². The summed E-state index contributed by atoms with van der Waals surface area (Å²) in [4.78, 5) is 26.5. The molecule has 4 aromatic heterocycles. The van der Waals surface area contributed by atoms with Gasteiger partial charge >= 0.3 is 0 Å². The molecule has 0 saturated heterocycles. The summed E-state index contributed by atoms with van der Waals surface area (Å²) in [6.45, 7) is 0. The lowest BCUT2D eigenvalue weighted by molar-refractivity contribution is 0.0863. The number of hydrogen-bond acceptors (Lipinski definition) is 7. The van der Waals surface area contributed by atoms with Crippen LogP contribution in [0.4, 0.5) is 5.82 Å². The van der Waals surface area contributed by atoms with Crippen LogP contribution in [0, 0.1) is 12.3 Å². The second-order valence-electron chi connectivity index (χ2n) is 10.1. The molecule has 1 amide bonds. The minimum absolute atomic E-state index is 0.209. The molecule has 7 rings (SSSR count). The zero-order valence-electron chi connectivity index (χ0n) is 19.9. The third kappa shape index (κ3) is 3.08. The van der Waals surface area contributed by atoms with E-state index in [1.165, 1.54) is 12.5 Å². The van der Waals surface area contributed by atoms with Gasteiger partial charge in [-0.15, -0.1) is 6.42 Å². The first-order chi connectivity index (χ1) is 18.0. The summed E-state index contributed by atoms with van der Waals surface area (Å²) in [6, 6.07) is 11.6. The molecule has 0 spiro atoms. The number of nitrogen functional groups attached to an aromatic ring is 1. The van der Waals surface area contributed by atoms with Crippen LogP contribution >= 0.6 is 0 Å². The molecule has 4 heterocycles. The van der Waals surface area contributed by atoms with E-state index in [4.69, 9.17) is 16.7 Å². The normalized spacial score (nSPS) is 22.5. The minimum atomic E-state index is -0.352. The van der Waals surface area contributed by atoms with Crippen molar-refractivity contribution in [3.8, 4) is 23.5 Å². The maximum absolute atomic E-state index is 12.8. The minimum Gasteiger partial charge on any atom is -0.383 e. The van der Waals surface area contributed by atoms with E-state index in [1.54, 1.807) is 6.07 Å². The molecule has 37 heavy (non-hydrogen) atoms. The lowest BCUT2D eigenvalue weighted by Gasteiger charge is -2.30.